The van der Waals surface area contributed by atoms with Crippen LogP contribution in [0.25, 0.3) is 0 Å². The summed E-state index contributed by atoms with van der Waals surface area (Å²) < 4.78 is 41.0. The Labute approximate surface area is 235 Å². The lowest BCUT2D eigenvalue weighted by Gasteiger charge is -2.43. The van der Waals surface area contributed by atoms with Gasteiger partial charge in [0.2, 0.25) is 0 Å². The van der Waals surface area contributed by atoms with Crippen LogP contribution in [-0.4, -0.2) is 52.0 Å². The van der Waals surface area contributed by atoms with E-state index in [2.05, 4.69) is 45.0 Å². The molecular weight excluding hydrogens is 525 g/mol. The van der Waals surface area contributed by atoms with E-state index in [4.69, 9.17) is 9.16 Å². The van der Waals surface area contributed by atoms with Gasteiger partial charge in [0.1, 0.15) is 0 Å². The quantitative estimate of drug-likeness (QED) is 0.387. The van der Waals surface area contributed by atoms with Crippen molar-refractivity contribution < 1.29 is 22.7 Å². The Bertz CT molecular complexity index is 1260. The lowest BCUT2D eigenvalue weighted by atomic mass is 10.1. The number of sulfone groups is 1. The maximum atomic E-state index is 13.7. The summed E-state index contributed by atoms with van der Waals surface area (Å²) in [6.45, 7) is 10.8. The van der Waals surface area contributed by atoms with Gasteiger partial charge >= 0.3 is 0 Å². The fraction of sp³-hybridized carbons (Fsp3) is 0.438. The number of hydrogen-bond donors (Lipinski definition) is 1. The van der Waals surface area contributed by atoms with E-state index in [1.54, 1.807) is 12.1 Å². The summed E-state index contributed by atoms with van der Waals surface area (Å²) in [6, 6.07) is 27.7. The average Bonchev–Trinajstić information content (AvgIpc) is 3.08. The number of aliphatic hydroxyl groups is 1. The highest BCUT2D eigenvalue weighted by molar-refractivity contribution is 7.92. The number of hydrogen-bond acceptors (Lipinski definition) is 5. The third kappa shape index (κ3) is 6.23. The second-order valence-corrected chi connectivity index (χ2v) is 18.2. The van der Waals surface area contributed by atoms with Crippen molar-refractivity contribution in [1.82, 2.24) is 0 Å². The largest absolute Gasteiger partial charge is 0.405 e. The van der Waals surface area contributed by atoms with E-state index in [0.717, 1.165) is 15.9 Å². The molecule has 1 heterocycles. The summed E-state index contributed by atoms with van der Waals surface area (Å²) in [5.41, 5.74) is 1.00. The molecule has 5 nitrogen and oxygen atoms in total. The zero-order valence-corrected chi connectivity index (χ0v) is 25.5. The molecular formula is C32H42O5SSi. The van der Waals surface area contributed by atoms with Crippen molar-refractivity contribution in [2.24, 2.45) is 0 Å². The van der Waals surface area contributed by atoms with Crippen LogP contribution in [0.1, 0.15) is 52.5 Å². The molecule has 0 saturated carbocycles. The van der Waals surface area contributed by atoms with Crippen LogP contribution < -0.4 is 10.4 Å². The van der Waals surface area contributed by atoms with Gasteiger partial charge in [0.15, 0.2) is 9.84 Å². The zero-order valence-electron chi connectivity index (χ0n) is 23.7. The van der Waals surface area contributed by atoms with Gasteiger partial charge in [-0.05, 0) is 53.7 Å². The lowest BCUT2D eigenvalue weighted by Crippen LogP contribution is -2.67. The lowest BCUT2D eigenvalue weighted by molar-refractivity contribution is -0.0786. The maximum Gasteiger partial charge on any atom is 0.261 e. The average molecular weight is 567 g/mol. The van der Waals surface area contributed by atoms with Gasteiger partial charge in [-0.15, -0.1) is 0 Å². The first-order valence-electron chi connectivity index (χ1n) is 13.9. The summed E-state index contributed by atoms with van der Waals surface area (Å²) >= 11 is 0. The van der Waals surface area contributed by atoms with Crippen LogP contribution in [-0.2, 0) is 19.0 Å². The van der Waals surface area contributed by atoms with E-state index >= 15 is 0 Å². The minimum atomic E-state index is -3.67. The van der Waals surface area contributed by atoms with Gasteiger partial charge in [0, 0.05) is 0 Å². The number of ether oxygens (including phenoxy) is 1. The predicted molar refractivity (Wildman–Crippen MR) is 160 cm³/mol. The van der Waals surface area contributed by atoms with E-state index in [1.807, 2.05) is 62.4 Å². The first kappa shape index (κ1) is 29.7. The number of aliphatic hydroxyl groups excluding tert-OH is 1. The Balaban J connectivity index is 1.71. The van der Waals surface area contributed by atoms with Gasteiger partial charge < -0.3 is 14.3 Å². The number of aryl methyl sites for hydroxylation is 1. The molecule has 3 aromatic rings. The Morgan fingerprint density at radius 2 is 1.44 bits per heavy atom. The molecule has 4 atom stereocenters. The second-order valence-electron chi connectivity index (χ2n) is 11.7. The number of rotatable bonds is 8. The molecule has 1 unspecified atom stereocenters. The van der Waals surface area contributed by atoms with Crippen molar-refractivity contribution in [2.45, 2.75) is 87.4 Å². The van der Waals surface area contributed by atoms with Crippen molar-refractivity contribution in [2.75, 3.05) is 6.61 Å². The normalized spacial score (nSPS) is 22.8. The van der Waals surface area contributed by atoms with Gasteiger partial charge in [-0.3, -0.25) is 0 Å². The Kier molecular flexibility index (Phi) is 9.18. The van der Waals surface area contributed by atoms with E-state index in [-0.39, 0.29) is 29.4 Å². The van der Waals surface area contributed by atoms with E-state index in [0.29, 0.717) is 6.42 Å². The Morgan fingerprint density at radius 3 is 1.92 bits per heavy atom. The maximum absolute atomic E-state index is 13.7. The topological polar surface area (TPSA) is 72.8 Å². The molecule has 1 N–H and O–H groups in total. The van der Waals surface area contributed by atoms with E-state index in [9.17, 15) is 13.5 Å². The molecule has 1 aliphatic rings. The first-order valence-corrected chi connectivity index (χ1v) is 17.3. The molecule has 4 rings (SSSR count). The van der Waals surface area contributed by atoms with E-state index in [1.165, 1.54) is 0 Å². The minimum Gasteiger partial charge on any atom is -0.405 e. The fourth-order valence-corrected chi connectivity index (χ4v) is 12.2. The molecule has 39 heavy (non-hydrogen) atoms. The molecule has 0 spiro atoms. The Hall–Kier alpha value is -2.29. The van der Waals surface area contributed by atoms with Crippen molar-refractivity contribution >= 4 is 28.5 Å². The van der Waals surface area contributed by atoms with Gasteiger partial charge in [-0.25, -0.2) is 8.42 Å². The van der Waals surface area contributed by atoms with Crippen LogP contribution in [0.3, 0.4) is 0 Å². The molecule has 0 aromatic heterocycles. The number of benzene rings is 3. The highest BCUT2D eigenvalue weighted by Crippen LogP contribution is 2.38. The summed E-state index contributed by atoms with van der Waals surface area (Å²) in [6.07, 6.45) is -0.784. The van der Waals surface area contributed by atoms with E-state index < -0.39 is 41.7 Å². The smallest absolute Gasteiger partial charge is 0.261 e. The van der Waals surface area contributed by atoms with Gasteiger partial charge in [0.25, 0.3) is 8.32 Å². The first-order chi connectivity index (χ1) is 18.5. The molecule has 7 heteroatoms. The predicted octanol–water partition coefficient (Wildman–Crippen LogP) is 5.03. The van der Waals surface area contributed by atoms with Crippen LogP contribution in [0.5, 0.6) is 0 Å². The molecule has 210 valence electrons. The van der Waals surface area contributed by atoms with Crippen LogP contribution >= 0.6 is 0 Å². The minimum absolute atomic E-state index is 0.143. The molecule has 0 bridgehead atoms. The van der Waals surface area contributed by atoms with Gasteiger partial charge in [-0.2, -0.15) is 0 Å². The third-order valence-corrected chi connectivity index (χ3v) is 15.1. The summed E-state index contributed by atoms with van der Waals surface area (Å²) in [5.74, 6) is 0. The third-order valence-electron chi connectivity index (χ3n) is 7.92. The zero-order chi connectivity index (χ0) is 28.3. The van der Waals surface area contributed by atoms with Crippen molar-refractivity contribution in [3.63, 3.8) is 0 Å². The monoisotopic (exact) mass is 566 g/mol. The highest BCUT2D eigenvalue weighted by Gasteiger charge is 2.51. The fourth-order valence-electron chi connectivity index (χ4n) is 5.83. The highest BCUT2D eigenvalue weighted by atomic mass is 32.2. The van der Waals surface area contributed by atoms with Gasteiger partial charge in [0.05, 0.1) is 35.1 Å². The summed E-state index contributed by atoms with van der Waals surface area (Å²) in [7, 11) is -6.50. The SMILES string of the molecule is CC[C@@H]1O[C@H](CO[Si](c2ccccc2)(c2ccccc2)C(C)(C)C)CC(S(=O)(=O)c2ccc(C)cc2)C[C@H]1O. The summed E-state index contributed by atoms with van der Waals surface area (Å²) in [4.78, 5) is 0.284. The molecule has 0 radical (unpaired) electrons. The molecule has 0 amide bonds. The van der Waals surface area contributed by atoms with Crippen LogP contribution in [0, 0.1) is 6.92 Å². The second kappa shape index (κ2) is 12.1. The van der Waals surface area contributed by atoms with Crippen LogP contribution in [0.4, 0.5) is 0 Å². The molecule has 1 saturated heterocycles. The molecule has 1 aliphatic heterocycles. The standard InChI is InChI=1S/C32H42O5SSi/c1-6-31-30(33)22-27(38(34,35)26-19-17-24(2)18-20-26)21-25(37-31)23-36-39(32(3,4)5,28-13-9-7-10-14-28)29-15-11-8-12-16-29/h7-20,25,27,30-31,33H,6,21-23H2,1-5H3/t25-,27?,30+,31-/m0/s1. The molecule has 0 aliphatic carbocycles. The van der Waals surface area contributed by atoms with Crippen molar-refractivity contribution in [3.8, 4) is 0 Å². The molecule has 3 aromatic carbocycles. The Morgan fingerprint density at radius 1 is 0.897 bits per heavy atom. The van der Waals surface area contributed by atoms with Crippen molar-refractivity contribution in [3.05, 3.63) is 90.5 Å². The molecule has 1 fully saturated rings. The van der Waals surface area contributed by atoms with Crippen LogP contribution in [0.2, 0.25) is 5.04 Å². The summed E-state index contributed by atoms with van der Waals surface area (Å²) in [5, 5.41) is 12.3. The van der Waals surface area contributed by atoms with Crippen molar-refractivity contribution in [1.29, 1.82) is 0 Å². The van der Waals surface area contributed by atoms with Crippen LogP contribution in [0.15, 0.2) is 89.8 Å². The van der Waals surface area contributed by atoms with Gasteiger partial charge in [-0.1, -0.05) is 106 Å².